The van der Waals surface area contributed by atoms with Crippen molar-refractivity contribution in [2.45, 2.75) is 0 Å². The number of rotatable bonds is 6. The zero-order chi connectivity index (χ0) is 40.7. The van der Waals surface area contributed by atoms with Crippen molar-refractivity contribution in [3.05, 3.63) is 218 Å². The largest absolute Gasteiger partial charge is 0.456 e. The zero-order valence-corrected chi connectivity index (χ0v) is 34.3. The topological polar surface area (TPSA) is 21.3 Å². The van der Waals surface area contributed by atoms with E-state index in [-0.39, 0.29) is 0 Å². The highest BCUT2D eigenvalue weighted by Gasteiger charge is 2.19. The number of anilines is 3. The average Bonchev–Trinajstić information content (AvgIpc) is 4.01. The lowest BCUT2D eigenvalue weighted by Crippen LogP contribution is -2.09. The molecule has 13 aromatic rings. The number of furan rings is 1. The van der Waals surface area contributed by atoms with Crippen LogP contribution in [0.25, 0.3) is 103 Å². The van der Waals surface area contributed by atoms with Crippen molar-refractivity contribution in [1.29, 1.82) is 0 Å². The van der Waals surface area contributed by atoms with Crippen LogP contribution in [0.3, 0.4) is 0 Å². The Morgan fingerprint density at radius 1 is 0.355 bits per heavy atom. The van der Waals surface area contributed by atoms with Crippen molar-refractivity contribution in [2.24, 2.45) is 0 Å². The molecule has 0 aliphatic rings. The summed E-state index contributed by atoms with van der Waals surface area (Å²) in [6.07, 6.45) is 0. The van der Waals surface area contributed by atoms with Crippen molar-refractivity contribution in [1.82, 2.24) is 4.57 Å². The van der Waals surface area contributed by atoms with Gasteiger partial charge in [-0.25, -0.2) is 0 Å². The number of hydrogen-bond donors (Lipinski definition) is 0. The van der Waals surface area contributed by atoms with E-state index >= 15 is 0 Å². The second kappa shape index (κ2) is 13.8. The fourth-order valence-corrected chi connectivity index (χ4v) is 10.8. The van der Waals surface area contributed by atoms with Gasteiger partial charge in [-0.1, -0.05) is 140 Å². The van der Waals surface area contributed by atoms with Gasteiger partial charge < -0.3 is 13.9 Å². The van der Waals surface area contributed by atoms with Crippen LogP contribution < -0.4 is 4.90 Å². The summed E-state index contributed by atoms with van der Waals surface area (Å²) in [5.41, 5.74) is 13.2. The molecule has 0 amide bonds. The summed E-state index contributed by atoms with van der Waals surface area (Å²) in [5.74, 6) is 0. The van der Waals surface area contributed by atoms with Crippen LogP contribution in [0.1, 0.15) is 0 Å². The summed E-state index contributed by atoms with van der Waals surface area (Å²) >= 11 is 1.86. The number of nitrogens with zero attached hydrogens (tertiary/aromatic N) is 2. The van der Waals surface area contributed by atoms with E-state index in [0.717, 1.165) is 50.3 Å². The number of fused-ring (bicyclic) bond motifs is 11. The molecule has 0 unspecified atom stereocenters. The number of thiophene rings is 1. The SMILES string of the molecule is c1ccc(-n2c3cc(-c4ccc(N(c5ccc(-c6ccc7c(c6)sc6ccccc67)cc5)c5ccc6c(c5)oc5ccccc56)cc4)ccc3c3ccc4ccccc4c32)cc1. The molecule has 3 nitrogen and oxygen atoms in total. The molecular weight excluding hydrogens is 773 g/mol. The Bertz CT molecular complexity index is 3860. The summed E-state index contributed by atoms with van der Waals surface area (Å²) in [7, 11) is 0. The normalized spacial score (nSPS) is 11.9. The molecule has 3 aromatic heterocycles. The van der Waals surface area contributed by atoms with Crippen molar-refractivity contribution in [2.75, 3.05) is 4.90 Å². The van der Waals surface area contributed by atoms with Gasteiger partial charge in [-0.2, -0.15) is 0 Å². The fourth-order valence-electron chi connectivity index (χ4n) is 9.62. The van der Waals surface area contributed by atoms with E-state index in [1.54, 1.807) is 0 Å². The van der Waals surface area contributed by atoms with Crippen LogP contribution in [-0.2, 0) is 0 Å². The standard InChI is InChI=1S/C58H36N2OS/c1-2-11-42(12-3-1)60-53-34-40(23-30-47(53)52-32-22-39-10-4-5-13-46(39)58(52)60)37-18-25-43(26-19-37)59(45-29-33-49-48-14-6-8-16-54(48)61-55(49)36-45)44-27-20-38(21-28-44)41-24-31-51-50-15-7-9-17-56(50)62-57(51)35-41/h1-36H. The molecule has 290 valence electrons. The zero-order valence-electron chi connectivity index (χ0n) is 33.5. The molecule has 0 saturated heterocycles. The maximum Gasteiger partial charge on any atom is 0.137 e. The van der Waals surface area contributed by atoms with Crippen LogP contribution in [0.5, 0.6) is 0 Å². The third-order valence-corrected chi connectivity index (χ3v) is 13.7. The summed E-state index contributed by atoms with van der Waals surface area (Å²) < 4.78 is 11.5. The first-order chi connectivity index (χ1) is 30.7. The average molecular weight is 809 g/mol. The van der Waals surface area contributed by atoms with E-state index in [0.29, 0.717) is 0 Å². The van der Waals surface area contributed by atoms with Gasteiger partial charge >= 0.3 is 0 Å². The molecule has 0 atom stereocenters. The molecule has 62 heavy (non-hydrogen) atoms. The van der Waals surface area contributed by atoms with Crippen molar-refractivity contribution in [3.8, 4) is 27.9 Å². The minimum absolute atomic E-state index is 0.869. The Hall–Kier alpha value is -7.92. The Balaban J connectivity index is 0.919. The predicted molar refractivity (Wildman–Crippen MR) is 264 cm³/mol. The van der Waals surface area contributed by atoms with Crippen LogP contribution in [0.4, 0.5) is 17.1 Å². The Labute approximate surface area is 361 Å². The quantitative estimate of drug-likeness (QED) is 0.167. The van der Waals surface area contributed by atoms with Crippen molar-refractivity contribution >= 4 is 103 Å². The second-order valence-corrected chi connectivity index (χ2v) is 17.2. The third-order valence-electron chi connectivity index (χ3n) is 12.6. The number of aromatic nitrogens is 1. The van der Waals surface area contributed by atoms with Gasteiger partial charge in [0, 0.05) is 75.9 Å². The molecule has 0 fully saturated rings. The minimum Gasteiger partial charge on any atom is -0.456 e. The van der Waals surface area contributed by atoms with Gasteiger partial charge in [-0.15, -0.1) is 11.3 Å². The number of hydrogen-bond acceptors (Lipinski definition) is 3. The molecule has 0 N–H and O–H groups in total. The van der Waals surface area contributed by atoms with E-state index in [9.17, 15) is 0 Å². The first-order valence-corrected chi connectivity index (χ1v) is 21.9. The molecule has 10 aromatic carbocycles. The fraction of sp³-hybridized carbons (Fsp3) is 0. The summed E-state index contributed by atoms with van der Waals surface area (Å²) in [6, 6.07) is 79.2. The molecule has 13 rings (SSSR count). The molecular formula is C58H36N2OS. The molecule has 0 radical (unpaired) electrons. The van der Waals surface area contributed by atoms with E-state index in [4.69, 9.17) is 4.42 Å². The highest BCUT2D eigenvalue weighted by atomic mass is 32.1. The van der Waals surface area contributed by atoms with Gasteiger partial charge in [-0.05, 0) is 100 Å². The molecule has 0 saturated carbocycles. The van der Waals surface area contributed by atoms with Crippen molar-refractivity contribution < 1.29 is 4.42 Å². The van der Waals surface area contributed by atoms with Crippen LogP contribution in [-0.4, -0.2) is 4.57 Å². The predicted octanol–water partition coefficient (Wildman–Crippen LogP) is 17.0. The number of para-hydroxylation sites is 2. The molecule has 4 heteroatoms. The second-order valence-electron chi connectivity index (χ2n) is 16.1. The van der Waals surface area contributed by atoms with E-state index < -0.39 is 0 Å². The Kier molecular flexibility index (Phi) is 7.78. The first-order valence-electron chi connectivity index (χ1n) is 21.1. The van der Waals surface area contributed by atoms with Gasteiger partial charge in [0.25, 0.3) is 0 Å². The van der Waals surface area contributed by atoms with Gasteiger partial charge in [0.05, 0.1) is 11.0 Å². The van der Waals surface area contributed by atoms with Gasteiger partial charge in [-0.3, -0.25) is 0 Å². The van der Waals surface area contributed by atoms with E-state index in [1.807, 2.05) is 23.5 Å². The lowest BCUT2D eigenvalue weighted by atomic mass is 10.0. The van der Waals surface area contributed by atoms with Gasteiger partial charge in [0.1, 0.15) is 11.2 Å². The van der Waals surface area contributed by atoms with E-state index in [1.165, 1.54) is 69.4 Å². The minimum atomic E-state index is 0.869. The number of benzene rings is 10. The summed E-state index contributed by atoms with van der Waals surface area (Å²) in [6.45, 7) is 0. The Morgan fingerprint density at radius 3 is 1.71 bits per heavy atom. The molecule has 0 aliphatic heterocycles. The maximum absolute atomic E-state index is 6.42. The van der Waals surface area contributed by atoms with Gasteiger partial charge in [0.15, 0.2) is 0 Å². The molecule has 3 heterocycles. The van der Waals surface area contributed by atoms with Gasteiger partial charge in [0.2, 0.25) is 0 Å². The van der Waals surface area contributed by atoms with Crippen molar-refractivity contribution in [3.63, 3.8) is 0 Å². The third kappa shape index (κ3) is 5.51. The lowest BCUT2D eigenvalue weighted by molar-refractivity contribution is 0.669. The molecule has 0 aliphatic carbocycles. The summed E-state index contributed by atoms with van der Waals surface area (Å²) in [4.78, 5) is 2.33. The smallest absolute Gasteiger partial charge is 0.137 e. The monoisotopic (exact) mass is 808 g/mol. The van der Waals surface area contributed by atoms with Crippen LogP contribution in [0.15, 0.2) is 223 Å². The summed E-state index contributed by atoms with van der Waals surface area (Å²) in [5, 5.41) is 9.87. The van der Waals surface area contributed by atoms with Crippen LogP contribution >= 0.6 is 11.3 Å². The maximum atomic E-state index is 6.42. The molecule has 0 spiro atoms. The van der Waals surface area contributed by atoms with Crippen LogP contribution in [0.2, 0.25) is 0 Å². The highest BCUT2D eigenvalue weighted by Crippen LogP contribution is 2.43. The van der Waals surface area contributed by atoms with Crippen LogP contribution in [0, 0.1) is 0 Å². The molecule has 0 bridgehead atoms. The lowest BCUT2D eigenvalue weighted by Gasteiger charge is -2.26. The Morgan fingerprint density at radius 2 is 0.919 bits per heavy atom. The highest BCUT2D eigenvalue weighted by molar-refractivity contribution is 7.25. The first kappa shape index (κ1) is 34.9. The van der Waals surface area contributed by atoms with E-state index in [2.05, 4.69) is 216 Å².